The Balaban J connectivity index is 1.94. The van der Waals surface area contributed by atoms with Crippen molar-refractivity contribution in [3.63, 3.8) is 0 Å². The van der Waals surface area contributed by atoms with Gasteiger partial charge in [0, 0.05) is 29.8 Å². The molecule has 1 amide bonds. The van der Waals surface area contributed by atoms with Gasteiger partial charge in [-0.25, -0.2) is 4.79 Å². The van der Waals surface area contributed by atoms with Crippen LogP contribution in [0.5, 0.6) is 0 Å². The van der Waals surface area contributed by atoms with E-state index in [1.165, 1.54) is 24.3 Å². The summed E-state index contributed by atoms with van der Waals surface area (Å²) in [7, 11) is 0. The van der Waals surface area contributed by atoms with Crippen molar-refractivity contribution in [2.24, 2.45) is 0 Å². The van der Waals surface area contributed by atoms with E-state index in [9.17, 15) is 19.7 Å². The van der Waals surface area contributed by atoms with Crippen molar-refractivity contribution in [2.75, 3.05) is 11.9 Å². The molecule has 0 saturated heterocycles. The van der Waals surface area contributed by atoms with Crippen LogP contribution in [-0.2, 0) is 16.8 Å². The molecule has 0 saturated carbocycles. The van der Waals surface area contributed by atoms with Gasteiger partial charge in [-0.3, -0.25) is 14.9 Å². The van der Waals surface area contributed by atoms with Crippen molar-refractivity contribution >= 4 is 23.5 Å². The number of nitro benzene ring substituents is 1. The Morgan fingerprint density at radius 2 is 2.04 bits per heavy atom. The maximum absolute atomic E-state index is 12.6. The van der Waals surface area contributed by atoms with E-state index in [2.05, 4.69) is 15.7 Å². The predicted octanol–water partition coefficient (Wildman–Crippen LogP) is 2.39. The number of hydrogen-bond donors (Lipinski definition) is 2. The first-order valence-corrected chi connectivity index (χ1v) is 8.35. The van der Waals surface area contributed by atoms with Gasteiger partial charge in [-0.05, 0) is 32.9 Å². The van der Waals surface area contributed by atoms with E-state index in [1.54, 1.807) is 6.92 Å². The maximum atomic E-state index is 12.6. The SMILES string of the molecule is CCOC(=O)n1nc2c(c1NC(=O)c1ccc([N+](=O)[O-])cc1)CNC2(C)C. The molecule has 1 aromatic heterocycles. The van der Waals surface area contributed by atoms with Crippen LogP contribution >= 0.6 is 0 Å². The van der Waals surface area contributed by atoms with Gasteiger partial charge >= 0.3 is 6.09 Å². The predicted molar refractivity (Wildman–Crippen MR) is 95.6 cm³/mol. The average molecular weight is 373 g/mol. The first-order chi connectivity index (χ1) is 12.7. The number of aromatic nitrogens is 2. The van der Waals surface area contributed by atoms with Gasteiger partial charge in [0.1, 0.15) is 5.82 Å². The molecule has 1 aromatic carbocycles. The van der Waals surface area contributed by atoms with E-state index in [-0.39, 0.29) is 23.7 Å². The molecular weight excluding hydrogens is 354 g/mol. The Bertz CT molecular complexity index is 917. The van der Waals surface area contributed by atoms with Crippen LogP contribution < -0.4 is 10.6 Å². The minimum Gasteiger partial charge on any atom is -0.448 e. The molecule has 27 heavy (non-hydrogen) atoms. The molecule has 0 radical (unpaired) electrons. The zero-order valence-corrected chi connectivity index (χ0v) is 15.1. The molecule has 0 spiro atoms. The van der Waals surface area contributed by atoms with Gasteiger partial charge < -0.3 is 15.4 Å². The molecule has 0 atom stereocenters. The second-order valence-corrected chi connectivity index (χ2v) is 6.52. The first kappa shape index (κ1) is 18.5. The van der Waals surface area contributed by atoms with Crippen LogP contribution in [0.25, 0.3) is 0 Å². The molecule has 3 rings (SSSR count). The summed E-state index contributed by atoms with van der Waals surface area (Å²) in [6.07, 6.45) is -0.693. The number of rotatable bonds is 4. The highest BCUT2D eigenvalue weighted by Crippen LogP contribution is 2.34. The fourth-order valence-corrected chi connectivity index (χ4v) is 2.87. The third kappa shape index (κ3) is 3.38. The van der Waals surface area contributed by atoms with Crippen molar-refractivity contribution in [2.45, 2.75) is 32.9 Å². The van der Waals surface area contributed by atoms with Crippen LogP contribution in [0.1, 0.15) is 42.4 Å². The zero-order chi connectivity index (χ0) is 19.8. The molecule has 0 aliphatic carbocycles. The van der Waals surface area contributed by atoms with E-state index in [4.69, 9.17) is 4.74 Å². The highest BCUT2D eigenvalue weighted by Gasteiger charge is 2.37. The lowest BCUT2D eigenvalue weighted by Gasteiger charge is -2.17. The summed E-state index contributed by atoms with van der Waals surface area (Å²) in [5.74, 6) is -0.285. The number of anilines is 1. The maximum Gasteiger partial charge on any atom is 0.436 e. The number of carbonyl (C=O) groups is 2. The van der Waals surface area contributed by atoms with Gasteiger partial charge in [-0.1, -0.05) is 0 Å². The van der Waals surface area contributed by atoms with Gasteiger partial charge in [0.15, 0.2) is 0 Å². The second kappa shape index (κ2) is 6.80. The summed E-state index contributed by atoms with van der Waals surface area (Å²) < 4.78 is 6.06. The fraction of sp³-hybridized carbons (Fsp3) is 0.353. The Kier molecular flexibility index (Phi) is 4.66. The van der Waals surface area contributed by atoms with Crippen LogP contribution in [-0.4, -0.2) is 33.3 Å². The molecule has 2 heterocycles. The summed E-state index contributed by atoms with van der Waals surface area (Å²) in [6, 6.07) is 5.18. The van der Waals surface area contributed by atoms with Crippen LogP contribution in [0, 0.1) is 10.1 Å². The lowest BCUT2D eigenvalue weighted by atomic mass is 10.0. The third-order valence-corrected chi connectivity index (χ3v) is 4.30. The van der Waals surface area contributed by atoms with Crippen LogP contribution in [0.15, 0.2) is 24.3 Å². The van der Waals surface area contributed by atoms with Crippen molar-refractivity contribution in [1.82, 2.24) is 15.1 Å². The van der Waals surface area contributed by atoms with Crippen LogP contribution in [0.3, 0.4) is 0 Å². The quantitative estimate of drug-likeness (QED) is 0.622. The van der Waals surface area contributed by atoms with E-state index >= 15 is 0 Å². The lowest BCUT2D eigenvalue weighted by Crippen LogP contribution is -2.31. The Morgan fingerprint density at radius 3 is 2.63 bits per heavy atom. The molecule has 0 unspecified atom stereocenters. The Labute approximate surface area is 154 Å². The number of fused-ring (bicyclic) bond motifs is 1. The fourth-order valence-electron chi connectivity index (χ4n) is 2.87. The monoisotopic (exact) mass is 373 g/mol. The van der Waals surface area contributed by atoms with Crippen molar-refractivity contribution < 1.29 is 19.2 Å². The van der Waals surface area contributed by atoms with Gasteiger partial charge in [0.05, 0.1) is 22.8 Å². The number of nitrogens with zero attached hydrogens (tertiary/aromatic N) is 3. The highest BCUT2D eigenvalue weighted by atomic mass is 16.6. The first-order valence-electron chi connectivity index (χ1n) is 8.35. The molecule has 142 valence electrons. The zero-order valence-electron chi connectivity index (χ0n) is 15.1. The second-order valence-electron chi connectivity index (χ2n) is 6.52. The minimum atomic E-state index is -0.693. The number of nitrogens with one attached hydrogen (secondary N) is 2. The summed E-state index contributed by atoms with van der Waals surface area (Å²) >= 11 is 0. The minimum absolute atomic E-state index is 0.116. The third-order valence-electron chi connectivity index (χ3n) is 4.30. The summed E-state index contributed by atoms with van der Waals surface area (Å²) in [6.45, 7) is 6.11. The highest BCUT2D eigenvalue weighted by molar-refractivity contribution is 6.05. The van der Waals surface area contributed by atoms with E-state index < -0.39 is 22.5 Å². The van der Waals surface area contributed by atoms with E-state index in [1.807, 2.05) is 13.8 Å². The van der Waals surface area contributed by atoms with E-state index in [0.717, 1.165) is 4.68 Å². The van der Waals surface area contributed by atoms with Gasteiger partial charge in [-0.2, -0.15) is 5.10 Å². The van der Waals surface area contributed by atoms with E-state index in [0.29, 0.717) is 17.8 Å². The summed E-state index contributed by atoms with van der Waals surface area (Å²) in [4.78, 5) is 35.0. The number of hydrogen-bond acceptors (Lipinski definition) is 7. The van der Waals surface area contributed by atoms with Gasteiger partial charge in [0.2, 0.25) is 0 Å². The van der Waals surface area contributed by atoms with Crippen molar-refractivity contribution in [1.29, 1.82) is 0 Å². The van der Waals surface area contributed by atoms with Crippen LogP contribution in [0.4, 0.5) is 16.3 Å². The molecule has 1 aliphatic rings. The Hall–Kier alpha value is -3.27. The number of non-ortho nitro benzene ring substituents is 1. The van der Waals surface area contributed by atoms with Gasteiger partial charge in [0.25, 0.3) is 11.6 Å². The molecule has 2 aromatic rings. The number of nitro groups is 1. The standard InChI is InChI=1S/C17H19N5O5/c1-4-27-16(24)21-14(12-9-18-17(2,3)13(12)20-21)19-15(23)10-5-7-11(8-6-10)22(25)26/h5-8,18H,4,9H2,1-3H3,(H,19,23). The molecule has 0 fully saturated rings. The number of carbonyl (C=O) groups excluding carboxylic acids is 2. The molecule has 10 nitrogen and oxygen atoms in total. The van der Waals surface area contributed by atoms with Crippen molar-refractivity contribution in [3.8, 4) is 0 Å². The number of ether oxygens (including phenoxy) is 1. The molecular formula is C17H19N5O5. The lowest BCUT2D eigenvalue weighted by molar-refractivity contribution is -0.384. The molecule has 1 aliphatic heterocycles. The summed E-state index contributed by atoms with van der Waals surface area (Å²) in [5.41, 5.74) is 0.990. The number of amides is 1. The number of benzene rings is 1. The largest absolute Gasteiger partial charge is 0.448 e. The molecule has 0 bridgehead atoms. The van der Waals surface area contributed by atoms with Gasteiger partial charge in [-0.15, -0.1) is 4.68 Å². The molecule has 2 N–H and O–H groups in total. The topological polar surface area (TPSA) is 128 Å². The average Bonchev–Trinajstić information content (AvgIpc) is 3.13. The normalized spacial score (nSPS) is 14.5. The van der Waals surface area contributed by atoms with Crippen molar-refractivity contribution in [3.05, 3.63) is 51.2 Å². The molecule has 10 heteroatoms. The van der Waals surface area contributed by atoms with Crippen LogP contribution in [0.2, 0.25) is 0 Å². The Morgan fingerprint density at radius 1 is 1.37 bits per heavy atom. The smallest absolute Gasteiger partial charge is 0.436 e. The summed E-state index contributed by atoms with van der Waals surface area (Å²) in [5, 5.41) is 21.0.